The minimum absolute atomic E-state index is 0.0411. The van der Waals surface area contributed by atoms with E-state index in [0.29, 0.717) is 20.7 Å². The van der Waals surface area contributed by atoms with Crippen LogP contribution in [0.25, 0.3) is 0 Å². The van der Waals surface area contributed by atoms with Gasteiger partial charge in [0.1, 0.15) is 10.8 Å². The van der Waals surface area contributed by atoms with E-state index < -0.39 is 0 Å². The fourth-order valence-corrected chi connectivity index (χ4v) is 2.24. The monoisotopic (exact) mass is 286 g/mol. The van der Waals surface area contributed by atoms with Gasteiger partial charge in [-0.3, -0.25) is 4.79 Å². The summed E-state index contributed by atoms with van der Waals surface area (Å²) in [7, 11) is 0. The highest BCUT2D eigenvalue weighted by molar-refractivity contribution is 7.12. The average molecular weight is 287 g/mol. The Bertz CT molecular complexity index is 523. The maximum Gasteiger partial charge on any atom is 0.210 e. The number of Topliss-reactive ketones (excluding diaryl/α,β-unsaturated/α-hetero) is 1. The molecule has 0 aliphatic heterocycles. The third kappa shape index (κ3) is 3.00. The molecule has 88 valence electrons. The Balaban J connectivity index is 2.03. The van der Waals surface area contributed by atoms with Gasteiger partial charge in [0.25, 0.3) is 0 Å². The van der Waals surface area contributed by atoms with E-state index >= 15 is 0 Å². The molecule has 0 aliphatic rings. The smallest absolute Gasteiger partial charge is 0.210 e. The summed E-state index contributed by atoms with van der Waals surface area (Å²) < 4.78 is 5.34. The first-order chi connectivity index (χ1) is 8.18. The zero-order chi connectivity index (χ0) is 12.3. The van der Waals surface area contributed by atoms with Crippen LogP contribution in [-0.4, -0.2) is 12.4 Å². The van der Waals surface area contributed by atoms with Crippen LogP contribution in [0.4, 0.5) is 0 Å². The summed E-state index contributed by atoms with van der Waals surface area (Å²) >= 11 is 13.2. The lowest BCUT2D eigenvalue weighted by atomic mass is 10.3. The van der Waals surface area contributed by atoms with Crippen LogP contribution in [0.5, 0.6) is 5.75 Å². The number of ether oxygens (including phenoxy) is 1. The van der Waals surface area contributed by atoms with Gasteiger partial charge in [0.05, 0.1) is 9.90 Å². The summed E-state index contributed by atoms with van der Waals surface area (Å²) in [5.74, 6) is 0.347. The minimum Gasteiger partial charge on any atom is -0.484 e. The van der Waals surface area contributed by atoms with Crippen LogP contribution in [0.3, 0.4) is 0 Å². The Kier molecular flexibility index (Phi) is 4.05. The first kappa shape index (κ1) is 12.4. The average Bonchev–Trinajstić information content (AvgIpc) is 2.84. The Morgan fingerprint density at radius 2 is 2.06 bits per heavy atom. The number of hydrogen-bond acceptors (Lipinski definition) is 3. The number of ketones is 1. The molecule has 5 heteroatoms. The first-order valence-electron chi connectivity index (χ1n) is 4.82. The second kappa shape index (κ2) is 5.54. The molecule has 1 heterocycles. The number of rotatable bonds is 4. The highest BCUT2D eigenvalue weighted by Crippen LogP contribution is 2.31. The molecule has 0 atom stereocenters. The van der Waals surface area contributed by atoms with Crippen molar-refractivity contribution in [1.82, 2.24) is 0 Å². The van der Waals surface area contributed by atoms with Gasteiger partial charge in [-0.2, -0.15) is 0 Å². The molecule has 1 aromatic heterocycles. The van der Waals surface area contributed by atoms with Crippen molar-refractivity contribution in [3.05, 3.63) is 50.6 Å². The van der Waals surface area contributed by atoms with Crippen LogP contribution in [-0.2, 0) is 0 Å². The van der Waals surface area contributed by atoms with E-state index in [4.69, 9.17) is 27.9 Å². The number of carbonyl (C=O) groups excluding carboxylic acids is 1. The summed E-state index contributed by atoms with van der Waals surface area (Å²) in [4.78, 5) is 12.4. The molecular formula is C12H8Cl2O2S. The lowest BCUT2D eigenvalue weighted by molar-refractivity contribution is 0.0925. The molecule has 1 aromatic carbocycles. The van der Waals surface area contributed by atoms with E-state index in [1.54, 1.807) is 24.3 Å². The van der Waals surface area contributed by atoms with Crippen molar-refractivity contribution in [1.29, 1.82) is 0 Å². The minimum atomic E-state index is -0.0731. The molecule has 2 nitrogen and oxygen atoms in total. The van der Waals surface area contributed by atoms with Gasteiger partial charge in [-0.25, -0.2) is 0 Å². The number of thiophene rings is 1. The Morgan fingerprint density at radius 3 is 2.76 bits per heavy atom. The van der Waals surface area contributed by atoms with Crippen molar-refractivity contribution in [3.63, 3.8) is 0 Å². The Morgan fingerprint density at radius 1 is 1.24 bits per heavy atom. The zero-order valence-electron chi connectivity index (χ0n) is 8.65. The van der Waals surface area contributed by atoms with E-state index in [2.05, 4.69) is 0 Å². The number of hydrogen-bond donors (Lipinski definition) is 0. The highest BCUT2D eigenvalue weighted by Gasteiger charge is 2.10. The molecule has 0 saturated carbocycles. The third-order valence-electron chi connectivity index (χ3n) is 2.07. The van der Waals surface area contributed by atoms with Gasteiger partial charge < -0.3 is 4.74 Å². The molecule has 0 unspecified atom stereocenters. The van der Waals surface area contributed by atoms with E-state index in [-0.39, 0.29) is 12.4 Å². The van der Waals surface area contributed by atoms with E-state index in [0.717, 1.165) is 0 Å². The van der Waals surface area contributed by atoms with Crippen LogP contribution >= 0.6 is 34.5 Å². The molecule has 0 N–H and O–H groups in total. The van der Waals surface area contributed by atoms with Gasteiger partial charge in [0, 0.05) is 0 Å². The van der Waals surface area contributed by atoms with E-state index in [9.17, 15) is 4.79 Å². The molecule has 2 aromatic rings. The number of carbonyl (C=O) groups is 1. The maximum atomic E-state index is 11.7. The van der Waals surface area contributed by atoms with Crippen molar-refractivity contribution in [2.75, 3.05) is 6.61 Å². The van der Waals surface area contributed by atoms with E-state index in [1.807, 2.05) is 11.4 Å². The molecule has 0 amide bonds. The van der Waals surface area contributed by atoms with Crippen LogP contribution in [0.15, 0.2) is 35.7 Å². The molecule has 0 fully saturated rings. The van der Waals surface area contributed by atoms with Gasteiger partial charge in [0.2, 0.25) is 5.78 Å². The second-order valence-corrected chi connectivity index (χ2v) is 4.97. The fraction of sp³-hybridized carbons (Fsp3) is 0.0833. The topological polar surface area (TPSA) is 26.3 Å². The summed E-state index contributed by atoms with van der Waals surface area (Å²) in [6.07, 6.45) is 0. The van der Waals surface area contributed by atoms with Crippen LogP contribution in [0.1, 0.15) is 9.67 Å². The van der Waals surface area contributed by atoms with Crippen LogP contribution in [0.2, 0.25) is 10.0 Å². The quantitative estimate of drug-likeness (QED) is 0.783. The maximum absolute atomic E-state index is 11.7. The van der Waals surface area contributed by atoms with Crippen molar-refractivity contribution < 1.29 is 9.53 Å². The normalized spacial score (nSPS) is 10.2. The second-order valence-electron chi connectivity index (χ2n) is 3.24. The van der Waals surface area contributed by atoms with Crippen LogP contribution in [0, 0.1) is 0 Å². The molecule has 0 aliphatic carbocycles. The molecule has 0 radical (unpaired) electrons. The van der Waals surface area contributed by atoms with Crippen molar-refractivity contribution >= 4 is 40.3 Å². The SMILES string of the molecule is O=C(COc1cccc(Cl)c1Cl)c1cccs1. The number of benzene rings is 1. The summed E-state index contributed by atoms with van der Waals surface area (Å²) in [5.41, 5.74) is 0. The van der Waals surface area contributed by atoms with Crippen molar-refractivity contribution in [2.24, 2.45) is 0 Å². The Hall–Kier alpha value is -1.03. The molecule has 17 heavy (non-hydrogen) atoms. The van der Waals surface area contributed by atoms with Crippen LogP contribution < -0.4 is 4.74 Å². The van der Waals surface area contributed by atoms with Gasteiger partial charge in [0.15, 0.2) is 6.61 Å². The fourth-order valence-electron chi connectivity index (χ4n) is 1.25. The molecular weight excluding hydrogens is 279 g/mol. The first-order valence-corrected chi connectivity index (χ1v) is 6.45. The predicted octanol–water partition coefficient (Wildman–Crippen LogP) is 4.32. The highest BCUT2D eigenvalue weighted by atomic mass is 35.5. The molecule has 0 bridgehead atoms. The summed E-state index contributed by atoms with van der Waals surface area (Å²) in [5, 5.41) is 2.58. The lowest BCUT2D eigenvalue weighted by Gasteiger charge is -2.07. The largest absolute Gasteiger partial charge is 0.484 e. The molecule has 0 spiro atoms. The van der Waals surface area contributed by atoms with Crippen molar-refractivity contribution in [2.45, 2.75) is 0 Å². The Labute approximate surface area is 113 Å². The van der Waals surface area contributed by atoms with Gasteiger partial charge >= 0.3 is 0 Å². The molecule has 2 rings (SSSR count). The van der Waals surface area contributed by atoms with Gasteiger partial charge in [-0.1, -0.05) is 35.3 Å². The third-order valence-corrected chi connectivity index (χ3v) is 3.78. The standard InChI is InChI=1S/C12H8Cl2O2S/c13-8-3-1-4-10(12(8)14)16-7-9(15)11-5-2-6-17-11/h1-6H,7H2. The summed E-state index contributed by atoms with van der Waals surface area (Å²) in [6, 6.07) is 8.65. The predicted molar refractivity (Wildman–Crippen MR) is 70.6 cm³/mol. The van der Waals surface area contributed by atoms with Gasteiger partial charge in [-0.05, 0) is 23.6 Å². The summed E-state index contributed by atoms with van der Waals surface area (Å²) in [6.45, 7) is -0.0411. The lowest BCUT2D eigenvalue weighted by Crippen LogP contribution is -2.10. The molecule has 0 saturated heterocycles. The number of halogens is 2. The van der Waals surface area contributed by atoms with E-state index in [1.165, 1.54) is 11.3 Å². The van der Waals surface area contributed by atoms with Gasteiger partial charge in [-0.15, -0.1) is 11.3 Å². The zero-order valence-corrected chi connectivity index (χ0v) is 11.0. The van der Waals surface area contributed by atoms with Crippen molar-refractivity contribution in [3.8, 4) is 5.75 Å².